The third kappa shape index (κ3) is 4.34. The molecule has 2 aromatic carbocycles. The molecule has 4 unspecified atom stereocenters. The molecule has 2 aromatic rings. The van der Waals surface area contributed by atoms with Gasteiger partial charge in [-0.05, 0) is 85.6 Å². The van der Waals surface area contributed by atoms with Crippen molar-refractivity contribution in [3.63, 3.8) is 0 Å². The predicted octanol–water partition coefficient (Wildman–Crippen LogP) is 6.24. The molecule has 4 atom stereocenters. The van der Waals surface area contributed by atoms with Crippen molar-refractivity contribution in [3.8, 4) is 11.8 Å². The van der Waals surface area contributed by atoms with E-state index in [2.05, 4.69) is 6.92 Å². The van der Waals surface area contributed by atoms with Crippen LogP contribution in [-0.2, 0) is 0 Å². The molecular formula is C25H26FNO2. The second-order valence-corrected chi connectivity index (χ2v) is 8.71. The topological polar surface area (TPSA) is 50.1 Å². The van der Waals surface area contributed by atoms with E-state index in [9.17, 15) is 9.18 Å². The predicted molar refractivity (Wildman–Crippen MR) is 109 cm³/mol. The summed E-state index contributed by atoms with van der Waals surface area (Å²) in [5.74, 6) is 2.08. The summed E-state index contributed by atoms with van der Waals surface area (Å²) in [5.41, 5.74) is 1.66. The second kappa shape index (κ2) is 8.37. The molecule has 0 saturated heterocycles. The number of fused-ring (bicyclic) bond motifs is 1. The lowest BCUT2D eigenvalue weighted by Gasteiger charge is -2.41. The molecular weight excluding hydrogens is 365 g/mol. The number of ether oxygens (including phenoxy) is 1. The van der Waals surface area contributed by atoms with Gasteiger partial charge in [0.1, 0.15) is 17.6 Å². The maximum absolute atomic E-state index is 13.7. The zero-order chi connectivity index (χ0) is 20.4. The molecule has 0 N–H and O–H groups in total. The molecule has 3 nitrogen and oxygen atoms in total. The van der Waals surface area contributed by atoms with Crippen LogP contribution in [0.25, 0.3) is 0 Å². The fraction of sp³-hybridized carbons (Fsp3) is 0.440. The highest BCUT2D eigenvalue weighted by Gasteiger charge is 2.34. The lowest BCUT2D eigenvalue weighted by Crippen LogP contribution is -2.29. The highest BCUT2D eigenvalue weighted by atomic mass is 19.1. The molecule has 0 aliphatic heterocycles. The lowest BCUT2D eigenvalue weighted by molar-refractivity contribution is 0.0734. The Morgan fingerprint density at radius 3 is 2.48 bits per heavy atom. The van der Waals surface area contributed by atoms with E-state index in [0.717, 1.165) is 23.8 Å². The van der Waals surface area contributed by atoms with Gasteiger partial charge >= 0.3 is 5.97 Å². The minimum absolute atomic E-state index is 0.0729. The molecule has 2 aliphatic carbocycles. The highest BCUT2D eigenvalue weighted by molar-refractivity contribution is 5.91. The summed E-state index contributed by atoms with van der Waals surface area (Å²) in [6, 6.07) is 13.2. The second-order valence-electron chi connectivity index (χ2n) is 8.71. The first-order valence-electron chi connectivity index (χ1n) is 10.5. The van der Waals surface area contributed by atoms with Crippen LogP contribution in [-0.4, -0.2) is 5.97 Å². The molecule has 0 heterocycles. The molecule has 150 valence electrons. The SMILES string of the molecule is CC1CCC2CC(c3ccc(C(=O)Oc4ccc(C#N)c(F)c4)cc3)CCC2C1. The van der Waals surface area contributed by atoms with Crippen LogP contribution < -0.4 is 4.74 Å². The molecule has 4 rings (SSSR count). The highest BCUT2D eigenvalue weighted by Crippen LogP contribution is 2.47. The molecule has 29 heavy (non-hydrogen) atoms. The molecule has 0 amide bonds. The smallest absolute Gasteiger partial charge is 0.343 e. The largest absolute Gasteiger partial charge is 0.423 e. The van der Waals surface area contributed by atoms with Crippen LogP contribution in [0.5, 0.6) is 5.75 Å². The zero-order valence-electron chi connectivity index (χ0n) is 16.7. The van der Waals surface area contributed by atoms with Crippen LogP contribution in [0.3, 0.4) is 0 Å². The number of esters is 1. The normalized spacial score (nSPS) is 26.2. The van der Waals surface area contributed by atoms with Gasteiger partial charge in [0.15, 0.2) is 0 Å². The number of hydrogen-bond acceptors (Lipinski definition) is 3. The van der Waals surface area contributed by atoms with Gasteiger partial charge in [-0.1, -0.05) is 25.5 Å². The first-order chi connectivity index (χ1) is 14.0. The van der Waals surface area contributed by atoms with Gasteiger partial charge in [-0.2, -0.15) is 5.26 Å². The number of rotatable bonds is 3. The fourth-order valence-corrected chi connectivity index (χ4v) is 5.13. The van der Waals surface area contributed by atoms with Gasteiger partial charge in [-0.15, -0.1) is 0 Å². The van der Waals surface area contributed by atoms with Crippen molar-refractivity contribution in [2.45, 2.75) is 51.4 Å². The third-order valence-corrected chi connectivity index (χ3v) is 6.76. The number of carbonyl (C=O) groups excluding carboxylic acids is 1. The van der Waals surface area contributed by atoms with Gasteiger partial charge in [0.2, 0.25) is 0 Å². The van der Waals surface area contributed by atoms with E-state index in [1.165, 1.54) is 56.2 Å². The number of halogens is 1. The summed E-state index contributed by atoms with van der Waals surface area (Å²) in [4.78, 5) is 12.4. The summed E-state index contributed by atoms with van der Waals surface area (Å²) in [5, 5.41) is 8.78. The Bertz CT molecular complexity index is 931. The Balaban J connectivity index is 1.39. The van der Waals surface area contributed by atoms with Crippen LogP contribution >= 0.6 is 0 Å². The summed E-state index contributed by atoms with van der Waals surface area (Å²) >= 11 is 0. The average Bonchev–Trinajstić information content (AvgIpc) is 2.73. The van der Waals surface area contributed by atoms with Crippen molar-refractivity contribution in [3.05, 3.63) is 65.0 Å². The maximum atomic E-state index is 13.7. The average molecular weight is 391 g/mol. The Morgan fingerprint density at radius 2 is 1.76 bits per heavy atom. The van der Waals surface area contributed by atoms with E-state index >= 15 is 0 Å². The van der Waals surface area contributed by atoms with E-state index in [4.69, 9.17) is 10.00 Å². The first-order valence-corrected chi connectivity index (χ1v) is 10.5. The molecule has 2 saturated carbocycles. The van der Waals surface area contributed by atoms with Crippen LogP contribution in [0.4, 0.5) is 4.39 Å². The summed E-state index contributed by atoms with van der Waals surface area (Å²) < 4.78 is 18.9. The molecule has 0 radical (unpaired) electrons. The van der Waals surface area contributed by atoms with E-state index in [-0.39, 0.29) is 11.3 Å². The molecule has 0 spiro atoms. The molecule has 0 aromatic heterocycles. The Morgan fingerprint density at radius 1 is 1.03 bits per heavy atom. The summed E-state index contributed by atoms with van der Waals surface area (Å²) in [6.07, 6.45) is 7.89. The first kappa shape index (κ1) is 19.6. The number of nitrogens with zero attached hydrogens (tertiary/aromatic N) is 1. The van der Waals surface area contributed by atoms with E-state index in [1.54, 1.807) is 18.2 Å². The third-order valence-electron chi connectivity index (χ3n) is 6.76. The summed E-state index contributed by atoms with van der Waals surface area (Å²) in [7, 11) is 0. The van der Waals surface area contributed by atoms with Crippen molar-refractivity contribution in [1.82, 2.24) is 0 Å². The molecule has 2 fully saturated rings. The van der Waals surface area contributed by atoms with Crippen LogP contribution in [0.1, 0.15) is 72.9 Å². The van der Waals surface area contributed by atoms with E-state index in [0.29, 0.717) is 11.5 Å². The minimum atomic E-state index is -0.694. The number of carbonyl (C=O) groups is 1. The van der Waals surface area contributed by atoms with Crippen molar-refractivity contribution in [2.75, 3.05) is 0 Å². The van der Waals surface area contributed by atoms with Gasteiger partial charge in [0.25, 0.3) is 0 Å². The van der Waals surface area contributed by atoms with Gasteiger partial charge in [0, 0.05) is 6.07 Å². The number of nitriles is 1. The number of benzene rings is 2. The molecule has 0 bridgehead atoms. The molecule has 4 heteroatoms. The van der Waals surface area contributed by atoms with Crippen molar-refractivity contribution in [1.29, 1.82) is 5.26 Å². The zero-order valence-corrected chi connectivity index (χ0v) is 16.7. The van der Waals surface area contributed by atoms with Crippen LogP contribution in [0.2, 0.25) is 0 Å². The number of hydrogen-bond donors (Lipinski definition) is 0. The van der Waals surface area contributed by atoms with Crippen molar-refractivity contribution < 1.29 is 13.9 Å². The lowest BCUT2D eigenvalue weighted by atomic mass is 9.64. The minimum Gasteiger partial charge on any atom is -0.423 e. The van der Waals surface area contributed by atoms with Gasteiger partial charge in [0.05, 0.1) is 11.1 Å². The Hall–Kier alpha value is -2.67. The molecule has 2 aliphatic rings. The van der Waals surface area contributed by atoms with Gasteiger partial charge in [-0.3, -0.25) is 0 Å². The van der Waals surface area contributed by atoms with Gasteiger partial charge in [-0.25, -0.2) is 9.18 Å². The van der Waals surface area contributed by atoms with Gasteiger partial charge < -0.3 is 4.74 Å². The van der Waals surface area contributed by atoms with E-state index < -0.39 is 11.8 Å². The quantitative estimate of drug-likeness (QED) is 0.460. The summed E-state index contributed by atoms with van der Waals surface area (Å²) in [6.45, 7) is 2.38. The Kier molecular flexibility index (Phi) is 5.67. The van der Waals surface area contributed by atoms with E-state index in [1.807, 2.05) is 12.1 Å². The van der Waals surface area contributed by atoms with Crippen LogP contribution in [0, 0.1) is 34.9 Å². The fourth-order valence-electron chi connectivity index (χ4n) is 5.13. The maximum Gasteiger partial charge on any atom is 0.343 e. The Labute approximate surface area is 171 Å². The standard InChI is InChI=1S/C25H26FNO2/c1-16-2-3-21-13-20(9-8-19(21)12-16)17-4-6-18(7-5-17)25(28)29-23-11-10-22(15-27)24(26)14-23/h4-7,10-11,14,16,19-21H,2-3,8-9,12-13H2,1H3. The van der Waals surface area contributed by atoms with Crippen LogP contribution in [0.15, 0.2) is 42.5 Å². The monoisotopic (exact) mass is 391 g/mol. The van der Waals surface area contributed by atoms with Crippen molar-refractivity contribution in [2.24, 2.45) is 17.8 Å². The van der Waals surface area contributed by atoms with Crippen molar-refractivity contribution >= 4 is 5.97 Å².